The predicted octanol–water partition coefficient (Wildman–Crippen LogP) is 5.64. The maximum atomic E-state index is 11.1. The number of benzene rings is 2. The molecule has 2 aromatic carbocycles. The zero-order chi connectivity index (χ0) is 20.0. The lowest BCUT2D eigenvalue weighted by Crippen LogP contribution is -2.52. The minimum atomic E-state index is -1.78. The maximum Gasteiger partial charge on any atom is 0.284 e. The third kappa shape index (κ3) is 7.26. The molecular formula is C15H12BrCl3N4O2S2. The summed E-state index contributed by atoms with van der Waals surface area (Å²) >= 11 is 27.6. The van der Waals surface area contributed by atoms with E-state index in [-0.39, 0.29) is 10.8 Å². The summed E-state index contributed by atoms with van der Waals surface area (Å²) in [5.41, 5.74) is 0.671. The summed E-state index contributed by atoms with van der Waals surface area (Å²) in [5.74, 6) is 0. The molecule has 0 aliphatic rings. The molecule has 27 heavy (non-hydrogen) atoms. The summed E-state index contributed by atoms with van der Waals surface area (Å²) in [6, 6.07) is 13.6. The molecule has 0 heterocycles. The van der Waals surface area contributed by atoms with Gasteiger partial charge in [-0.1, -0.05) is 68.9 Å². The van der Waals surface area contributed by atoms with Gasteiger partial charge < -0.3 is 10.6 Å². The van der Waals surface area contributed by atoms with Gasteiger partial charge in [0.1, 0.15) is 11.1 Å². The molecule has 0 amide bonds. The Morgan fingerprint density at radius 2 is 1.93 bits per heavy atom. The van der Waals surface area contributed by atoms with Gasteiger partial charge in [0.05, 0.1) is 4.92 Å². The van der Waals surface area contributed by atoms with Gasteiger partial charge >= 0.3 is 0 Å². The minimum absolute atomic E-state index is 0.0621. The zero-order valence-electron chi connectivity index (χ0n) is 13.3. The van der Waals surface area contributed by atoms with Crippen molar-refractivity contribution in [1.82, 2.24) is 10.0 Å². The number of nitrogens with zero attached hydrogens (tertiary/aromatic N) is 1. The Morgan fingerprint density at radius 1 is 1.22 bits per heavy atom. The molecule has 0 fully saturated rings. The summed E-state index contributed by atoms with van der Waals surface area (Å²) in [6.45, 7) is 0. The van der Waals surface area contributed by atoms with Crippen molar-refractivity contribution < 1.29 is 4.92 Å². The normalized spacial score (nSPS) is 12.3. The molecule has 0 aromatic heterocycles. The zero-order valence-corrected chi connectivity index (χ0v) is 18.8. The molecule has 0 saturated carbocycles. The van der Waals surface area contributed by atoms with Gasteiger partial charge in [0.25, 0.3) is 5.69 Å². The third-order valence-electron chi connectivity index (χ3n) is 3.03. The maximum absolute atomic E-state index is 11.1. The summed E-state index contributed by atoms with van der Waals surface area (Å²) in [4.78, 5) is 11.0. The van der Waals surface area contributed by atoms with E-state index >= 15 is 0 Å². The van der Waals surface area contributed by atoms with Crippen molar-refractivity contribution in [2.45, 2.75) is 14.9 Å². The van der Waals surface area contributed by atoms with Crippen LogP contribution in [-0.4, -0.2) is 20.0 Å². The number of nitrogens with one attached hydrogen (secondary N) is 3. The molecule has 12 heteroatoms. The summed E-state index contributed by atoms with van der Waals surface area (Å²) in [7, 11) is 0. The van der Waals surface area contributed by atoms with Gasteiger partial charge in [-0.3, -0.25) is 10.1 Å². The molecule has 0 spiro atoms. The number of alkyl halides is 3. The summed E-state index contributed by atoms with van der Waals surface area (Å²) in [5, 5.41) is 17.1. The molecule has 0 unspecified atom stereocenters. The first-order chi connectivity index (χ1) is 12.7. The van der Waals surface area contributed by atoms with Crippen molar-refractivity contribution in [2.24, 2.45) is 0 Å². The monoisotopic (exact) mass is 528 g/mol. The van der Waals surface area contributed by atoms with Crippen LogP contribution < -0.4 is 15.4 Å². The summed E-state index contributed by atoms with van der Waals surface area (Å²) < 4.78 is 1.96. The number of hydrogen-bond acceptors (Lipinski definition) is 5. The van der Waals surface area contributed by atoms with Crippen molar-refractivity contribution in [1.29, 1.82) is 0 Å². The van der Waals surface area contributed by atoms with Crippen molar-refractivity contribution in [2.75, 3.05) is 5.32 Å². The Hall–Kier alpha value is -0.810. The molecule has 1 atom stereocenters. The topological polar surface area (TPSA) is 79.2 Å². The van der Waals surface area contributed by atoms with E-state index < -0.39 is 14.9 Å². The van der Waals surface area contributed by atoms with Gasteiger partial charge in [-0.2, -0.15) is 0 Å². The Balaban J connectivity index is 2.06. The van der Waals surface area contributed by atoms with Crippen molar-refractivity contribution in [3.63, 3.8) is 0 Å². The number of nitro benzene ring substituents is 1. The fourth-order valence-corrected chi connectivity index (χ4v) is 3.89. The quantitative estimate of drug-likeness (QED) is 0.111. The first-order valence-corrected chi connectivity index (χ1v) is 10.4. The molecule has 0 aliphatic heterocycles. The molecule has 2 aromatic rings. The van der Waals surface area contributed by atoms with E-state index in [4.69, 9.17) is 47.0 Å². The standard InChI is InChI=1S/C15H12BrCl3N4O2S2/c16-9-4-3-5-10(8-9)20-14(26)21-13(15(17,18)19)22-27-12-7-2-1-6-11(12)23(24)25/h1-8,13,22H,(H2,20,21,26)/t13-/m1/s1. The van der Waals surface area contributed by atoms with Crippen LogP contribution in [0, 0.1) is 10.1 Å². The lowest BCUT2D eigenvalue weighted by Gasteiger charge is -2.27. The second kappa shape index (κ2) is 10.1. The first-order valence-electron chi connectivity index (χ1n) is 7.22. The molecular weight excluding hydrogens is 519 g/mol. The largest absolute Gasteiger partial charge is 0.343 e. The molecule has 2 rings (SSSR count). The van der Waals surface area contributed by atoms with Gasteiger partial charge in [0, 0.05) is 16.2 Å². The van der Waals surface area contributed by atoms with Crippen LogP contribution in [0.1, 0.15) is 0 Å². The fraction of sp³-hybridized carbons (Fsp3) is 0.133. The Labute approximate surface area is 188 Å². The number of nitro groups is 1. The fourth-order valence-electron chi connectivity index (χ4n) is 1.86. The highest BCUT2D eigenvalue weighted by atomic mass is 79.9. The average molecular weight is 531 g/mol. The number of para-hydroxylation sites is 1. The van der Waals surface area contributed by atoms with Crippen LogP contribution in [0.4, 0.5) is 11.4 Å². The number of anilines is 1. The van der Waals surface area contributed by atoms with Gasteiger partial charge in [-0.15, -0.1) is 0 Å². The molecule has 0 saturated heterocycles. The second-order valence-corrected chi connectivity index (χ2v) is 9.60. The van der Waals surface area contributed by atoms with E-state index in [0.29, 0.717) is 4.90 Å². The van der Waals surface area contributed by atoms with E-state index in [0.717, 1.165) is 22.1 Å². The van der Waals surface area contributed by atoms with Crippen LogP contribution >= 0.6 is 74.9 Å². The second-order valence-electron chi connectivity index (χ2n) is 5.03. The van der Waals surface area contributed by atoms with Crippen molar-refractivity contribution >= 4 is 91.4 Å². The van der Waals surface area contributed by atoms with Crippen LogP contribution in [0.3, 0.4) is 0 Å². The predicted molar refractivity (Wildman–Crippen MR) is 120 cm³/mol. The van der Waals surface area contributed by atoms with Crippen LogP contribution in [-0.2, 0) is 0 Å². The molecule has 0 bridgehead atoms. The van der Waals surface area contributed by atoms with Crippen LogP contribution in [0.15, 0.2) is 57.9 Å². The van der Waals surface area contributed by atoms with Gasteiger partial charge in [0.2, 0.25) is 3.79 Å². The molecule has 144 valence electrons. The smallest absolute Gasteiger partial charge is 0.284 e. The molecule has 0 aliphatic carbocycles. The van der Waals surface area contributed by atoms with Crippen LogP contribution in [0.5, 0.6) is 0 Å². The van der Waals surface area contributed by atoms with E-state index in [1.165, 1.54) is 6.07 Å². The minimum Gasteiger partial charge on any atom is -0.343 e. The Kier molecular flexibility index (Phi) is 8.41. The number of rotatable bonds is 6. The van der Waals surface area contributed by atoms with E-state index in [9.17, 15) is 10.1 Å². The van der Waals surface area contributed by atoms with Gasteiger partial charge in [0.15, 0.2) is 5.11 Å². The van der Waals surface area contributed by atoms with Gasteiger partial charge in [-0.05, 0) is 48.4 Å². The van der Waals surface area contributed by atoms with Crippen LogP contribution in [0.25, 0.3) is 0 Å². The molecule has 3 N–H and O–H groups in total. The van der Waals surface area contributed by atoms with Crippen LogP contribution in [0.2, 0.25) is 0 Å². The highest BCUT2D eigenvalue weighted by Gasteiger charge is 2.34. The molecule has 0 radical (unpaired) electrons. The first kappa shape index (κ1) is 22.5. The molecule has 6 nitrogen and oxygen atoms in total. The number of halogens is 4. The Bertz CT molecular complexity index is 839. The lowest BCUT2D eigenvalue weighted by molar-refractivity contribution is -0.387. The Morgan fingerprint density at radius 3 is 2.56 bits per heavy atom. The van der Waals surface area contributed by atoms with Gasteiger partial charge in [-0.25, -0.2) is 4.72 Å². The van der Waals surface area contributed by atoms with Crippen molar-refractivity contribution in [3.05, 3.63) is 63.1 Å². The summed E-state index contributed by atoms with van der Waals surface area (Å²) in [6.07, 6.45) is -0.931. The number of hydrogen-bond donors (Lipinski definition) is 3. The average Bonchev–Trinajstić information content (AvgIpc) is 2.57. The number of thiocarbonyl (C=S) groups is 1. The van der Waals surface area contributed by atoms with E-state index in [2.05, 4.69) is 31.3 Å². The highest BCUT2D eigenvalue weighted by Crippen LogP contribution is 2.33. The third-order valence-corrected chi connectivity index (χ3v) is 5.32. The van der Waals surface area contributed by atoms with Crippen molar-refractivity contribution in [3.8, 4) is 0 Å². The lowest BCUT2D eigenvalue weighted by atomic mass is 10.3. The van der Waals surface area contributed by atoms with E-state index in [1.54, 1.807) is 18.2 Å². The highest BCUT2D eigenvalue weighted by molar-refractivity contribution is 9.10. The SMILES string of the molecule is O=[N+]([O-])c1ccccc1SN[C@@H](NC(=S)Nc1cccc(Br)c1)C(Cl)(Cl)Cl. The van der Waals surface area contributed by atoms with E-state index in [1.807, 2.05) is 24.3 Å².